The zero-order valence-electron chi connectivity index (χ0n) is 9.23. The van der Waals surface area contributed by atoms with Gasteiger partial charge in [0.2, 0.25) is 0 Å². The number of hydrogen-bond donors (Lipinski definition) is 0. The number of hydrogen-bond acceptors (Lipinski definition) is 1. The van der Waals surface area contributed by atoms with E-state index in [1.54, 1.807) is 0 Å². The molecule has 1 nitrogen and oxygen atoms in total. The van der Waals surface area contributed by atoms with Gasteiger partial charge in [0.05, 0.1) is 6.61 Å². The minimum absolute atomic E-state index is 0.757. The van der Waals surface area contributed by atoms with Crippen LogP contribution in [0, 0.1) is 6.07 Å². The summed E-state index contributed by atoms with van der Waals surface area (Å²) in [6.07, 6.45) is 2.04. The van der Waals surface area contributed by atoms with Gasteiger partial charge in [0.25, 0.3) is 0 Å². The third-order valence-electron chi connectivity index (χ3n) is 2.38. The molecule has 0 N–H and O–H groups in total. The van der Waals surface area contributed by atoms with Gasteiger partial charge in [-0.3, -0.25) is 0 Å². The van der Waals surface area contributed by atoms with E-state index in [2.05, 4.69) is 12.1 Å². The van der Waals surface area contributed by atoms with Gasteiger partial charge >= 0.3 is 0 Å². The Morgan fingerprint density at radius 3 is 2.50 bits per heavy atom. The number of aryl methyl sites for hydroxylation is 1. The fourth-order valence-corrected chi connectivity index (χ4v) is 1.56. The Balaban J connectivity index is 1.70. The molecule has 0 unspecified atom stereocenters. The average molecular weight is 211 g/mol. The van der Waals surface area contributed by atoms with Crippen molar-refractivity contribution in [2.45, 2.75) is 12.8 Å². The molecule has 0 saturated heterocycles. The summed E-state index contributed by atoms with van der Waals surface area (Å²) < 4.78 is 5.61. The molecule has 16 heavy (non-hydrogen) atoms. The molecule has 0 aliphatic carbocycles. The molecular weight excluding hydrogens is 196 g/mol. The monoisotopic (exact) mass is 211 g/mol. The number of rotatable bonds is 5. The smallest absolute Gasteiger partial charge is 0.119 e. The van der Waals surface area contributed by atoms with Crippen LogP contribution in [-0.4, -0.2) is 6.61 Å². The first-order valence-electron chi connectivity index (χ1n) is 5.58. The molecule has 81 valence electrons. The number of benzene rings is 2. The summed E-state index contributed by atoms with van der Waals surface area (Å²) in [5.41, 5.74) is 1.25. The summed E-state index contributed by atoms with van der Waals surface area (Å²) >= 11 is 0. The largest absolute Gasteiger partial charge is 0.494 e. The van der Waals surface area contributed by atoms with Crippen molar-refractivity contribution in [2.24, 2.45) is 0 Å². The molecular formula is C15H15O. The van der Waals surface area contributed by atoms with Crippen molar-refractivity contribution in [3.63, 3.8) is 0 Å². The Morgan fingerprint density at radius 2 is 1.75 bits per heavy atom. The third kappa shape index (κ3) is 3.43. The normalized spacial score (nSPS) is 10.0. The van der Waals surface area contributed by atoms with Crippen molar-refractivity contribution in [1.29, 1.82) is 0 Å². The van der Waals surface area contributed by atoms with Crippen molar-refractivity contribution >= 4 is 0 Å². The van der Waals surface area contributed by atoms with Crippen LogP contribution in [0.25, 0.3) is 0 Å². The first-order valence-corrected chi connectivity index (χ1v) is 5.58. The van der Waals surface area contributed by atoms with Crippen molar-refractivity contribution < 1.29 is 4.74 Å². The van der Waals surface area contributed by atoms with Gasteiger partial charge in [-0.05, 0) is 36.6 Å². The maximum Gasteiger partial charge on any atom is 0.119 e. The van der Waals surface area contributed by atoms with Gasteiger partial charge in [-0.15, -0.1) is 0 Å². The summed E-state index contributed by atoms with van der Waals surface area (Å²) in [6, 6.07) is 21.2. The zero-order chi connectivity index (χ0) is 11.1. The van der Waals surface area contributed by atoms with E-state index < -0.39 is 0 Å². The first-order chi connectivity index (χ1) is 7.95. The lowest BCUT2D eigenvalue weighted by atomic mass is 10.1. The van der Waals surface area contributed by atoms with Crippen molar-refractivity contribution in [3.8, 4) is 5.75 Å². The second-order valence-corrected chi connectivity index (χ2v) is 3.65. The summed E-state index contributed by atoms with van der Waals surface area (Å²) in [5.74, 6) is 0.944. The van der Waals surface area contributed by atoms with E-state index in [-0.39, 0.29) is 0 Å². The van der Waals surface area contributed by atoms with Crippen molar-refractivity contribution in [2.75, 3.05) is 6.61 Å². The summed E-state index contributed by atoms with van der Waals surface area (Å²) in [5, 5.41) is 0. The molecule has 0 saturated carbocycles. The summed E-state index contributed by atoms with van der Waals surface area (Å²) in [6.45, 7) is 0.757. The average Bonchev–Trinajstić information content (AvgIpc) is 2.37. The second kappa shape index (κ2) is 5.96. The lowest BCUT2D eigenvalue weighted by molar-refractivity contribution is 0.311. The molecule has 0 fully saturated rings. The number of para-hydroxylation sites is 1. The van der Waals surface area contributed by atoms with E-state index in [9.17, 15) is 0 Å². The highest BCUT2D eigenvalue weighted by molar-refractivity contribution is 5.20. The van der Waals surface area contributed by atoms with Crippen LogP contribution in [0.3, 0.4) is 0 Å². The first kappa shape index (κ1) is 10.7. The van der Waals surface area contributed by atoms with E-state index in [4.69, 9.17) is 4.74 Å². The Hall–Kier alpha value is -1.76. The quantitative estimate of drug-likeness (QED) is 0.688. The van der Waals surface area contributed by atoms with Gasteiger partial charge in [-0.25, -0.2) is 0 Å². The highest BCUT2D eigenvalue weighted by Crippen LogP contribution is 2.09. The molecule has 0 aliphatic rings. The van der Waals surface area contributed by atoms with E-state index >= 15 is 0 Å². The molecule has 1 heteroatoms. The van der Waals surface area contributed by atoms with Crippen LogP contribution in [0.4, 0.5) is 0 Å². The van der Waals surface area contributed by atoms with Gasteiger partial charge in [0.1, 0.15) is 5.75 Å². The Labute approximate surface area is 96.7 Å². The fourth-order valence-electron chi connectivity index (χ4n) is 1.56. The summed E-state index contributed by atoms with van der Waals surface area (Å²) in [4.78, 5) is 0. The van der Waals surface area contributed by atoms with Gasteiger partial charge < -0.3 is 4.74 Å². The molecule has 2 aromatic carbocycles. The van der Waals surface area contributed by atoms with Gasteiger partial charge in [0, 0.05) is 0 Å². The van der Waals surface area contributed by atoms with Gasteiger partial charge in [-0.2, -0.15) is 0 Å². The molecule has 0 aliphatic heterocycles. The van der Waals surface area contributed by atoms with Crippen LogP contribution < -0.4 is 4.74 Å². The standard InChI is InChI=1S/C15H15O/c1-3-8-14(9-4-1)10-7-13-16-15-11-5-2-6-12-15/h1-6,8,11-12H,7,10,13H2. The predicted molar refractivity (Wildman–Crippen MR) is 65.5 cm³/mol. The SMILES string of the molecule is [c]1ccccc1CCCOc1ccccc1. The van der Waals surface area contributed by atoms with Crippen LogP contribution in [0.5, 0.6) is 5.75 Å². The highest BCUT2D eigenvalue weighted by atomic mass is 16.5. The lowest BCUT2D eigenvalue weighted by Gasteiger charge is -2.05. The van der Waals surface area contributed by atoms with E-state index in [0.717, 1.165) is 25.2 Å². The molecule has 0 amide bonds. The topological polar surface area (TPSA) is 9.23 Å². The molecule has 0 heterocycles. The van der Waals surface area contributed by atoms with E-state index in [0.29, 0.717) is 0 Å². The minimum atomic E-state index is 0.757. The molecule has 0 spiro atoms. The maximum atomic E-state index is 5.61. The van der Waals surface area contributed by atoms with Crippen molar-refractivity contribution in [1.82, 2.24) is 0 Å². The Bertz CT molecular complexity index is 353. The Morgan fingerprint density at radius 1 is 0.938 bits per heavy atom. The minimum Gasteiger partial charge on any atom is -0.494 e. The van der Waals surface area contributed by atoms with Crippen molar-refractivity contribution in [3.05, 3.63) is 66.2 Å². The molecule has 0 bridgehead atoms. The number of ether oxygens (including phenoxy) is 1. The molecule has 2 rings (SSSR count). The third-order valence-corrected chi connectivity index (χ3v) is 2.38. The van der Waals surface area contributed by atoms with E-state index in [1.807, 2.05) is 48.5 Å². The molecule has 0 atom stereocenters. The Kier molecular flexibility index (Phi) is 4.00. The molecule has 0 aromatic heterocycles. The van der Waals surface area contributed by atoms with Gasteiger partial charge in [0.15, 0.2) is 0 Å². The maximum absolute atomic E-state index is 5.61. The van der Waals surface area contributed by atoms with Crippen LogP contribution in [-0.2, 0) is 6.42 Å². The van der Waals surface area contributed by atoms with Crippen LogP contribution in [0.1, 0.15) is 12.0 Å². The van der Waals surface area contributed by atoms with E-state index in [1.165, 1.54) is 5.56 Å². The van der Waals surface area contributed by atoms with Crippen LogP contribution in [0.2, 0.25) is 0 Å². The zero-order valence-corrected chi connectivity index (χ0v) is 9.23. The highest BCUT2D eigenvalue weighted by Gasteiger charge is 1.94. The predicted octanol–water partition coefficient (Wildman–Crippen LogP) is 3.50. The lowest BCUT2D eigenvalue weighted by Crippen LogP contribution is -1.99. The fraction of sp³-hybridized carbons (Fsp3) is 0.200. The molecule has 1 radical (unpaired) electrons. The van der Waals surface area contributed by atoms with Gasteiger partial charge in [-0.1, -0.05) is 42.5 Å². The van der Waals surface area contributed by atoms with Crippen LogP contribution in [0.15, 0.2) is 54.6 Å². The molecule has 2 aromatic rings. The summed E-state index contributed by atoms with van der Waals surface area (Å²) in [7, 11) is 0. The second-order valence-electron chi connectivity index (χ2n) is 3.65. The van der Waals surface area contributed by atoms with Crippen LogP contribution >= 0.6 is 0 Å².